The molecule has 0 atom stereocenters. The van der Waals surface area contributed by atoms with Crippen LogP contribution in [0, 0.1) is 0 Å². The van der Waals surface area contributed by atoms with Crippen molar-refractivity contribution in [1.82, 2.24) is 0 Å². The van der Waals surface area contributed by atoms with Crippen LogP contribution in [0.25, 0.3) is 0 Å². The fourth-order valence-corrected chi connectivity index (χ4v) is 2.11. The maximum atomic E-state index is 13.0. The van der Waals surface area contributed by atoms with Crippen LogP contribution in [-0.2, 0) is 6.18 Å². The lowest BCUT2D eigenvalue weighted by atomic mass is 10.0. The monoisotopic (exact) mass is 397 g/mol. The highest BCUT2D eigenvalue weighted by atomic mass is 35.5. The van der Waals surface area contributed by atoms with Gasteiger partial charge in [-0.1, -0.05) is 16.8 Å². The van der Waals surface area contributed by atoms with Gasteiger partial charge in [0.15, 0.2) is 5.75 Å². The average molecular weight is 398 g/mol. The fourth-order valence-electron chi connectivity index (χ4n) is 1.94. The molecule has 0 N–H and O–H groups in total. The van der Waals surface area contributed by atoms with Gasteiger partial charge in [-0.05, 0) is 49.4 Å². The van der Waals surface area contributed by atoms with Crippen molar-refractivity contribution in [2.45, 2.75) is 19.5 Å². The van der Waals surface area contributed by atoms with Gasteiger partial charge in [-0.3, -0.25) is 0 Å². The molecule has 2 aromatic carbocycles. The van der Waals surface area contributed by atoms with Crippen LogP contribution in [-0.4, -0.2) is 12.1 Å². The average Bonchev–Trinajstić information content (AvgIpc) is 2.51. The molecule has 10 heteroatoms. The van der Waals surface area contributed by atoms with Gasteiger partial charge in [0, 0.05) is 10.6 Å². The summed E-state index contributed by atoms with van der Waals surface area (Å²) in [6, 6.07) is 7.22. The molecule has 2 rings (SSSR count). The van der Waals surface area contributed by atoms with Gasteiger partial charge in [0.1, 0.15) is 5.75 Å². The highest BCUT2D eigenvalue weighted by Crippen LogP contribution is 2.34. The summed E-state index contributed by atoms with van der Waals surface area (Å²) in [6.45, 7) is 1.28. The summed E-state index contributed by atoms with van der Waals surface area (Å²) in [5.41, 5.74) is -1.34. The van der Waals surface area contributed by atoms with E-state index in [1.54, 1.807) is 0 Å². The molecule has 0 heterocycles. The molecule has 0 unspecified atom stereocenters. The number of hydrogen-bond acceptors (Lipinski definition) is 3. The van der Waals surface area contributed by atoms with Crippen molar-refractivity contribution in [2.75, 3.05) is 0 Å². The summed E-state index contributed by atoms with van der Waals surface area (Å²) in [5.74, 6) is -0.464. The van der Waals surface area contributed by atoms with Crippen molar-refractivity contribution >= 4 is 17.3 Å². The third-order valence-electron chi connectivity index (χ3n) is 3.02. The Kier molecular flexibility index (Phi) is 5.70. The minimum atomic E-state index is -4.84. The molecule has 0 amide bonds. The summed E-state index contributed by atoms with van der Waals surface area (Å²) in [5, 5.41) is 3.66. The van der Waals surface area contributed by atoms with Crippen molar-refractivity contribution in [3.8, 4) is 11.5 Å². The fraction of sp³-hybridized carbons (Fsp3) is 0.188. The van der Waals surface area contributed by atoms with Gasteiger partial charge in [0.2, 0.25) is 0 Å². The second kappa shape index (κ2) is 7.45. The quantitative estimate of drug-likeness (QED) is 0.356. The van der Waals surface area contributed by atoms with E-state index < -0.39 is 23.9 Å². The number of halogens is 7. The Balaban J connectivity index is 2.20. The molecule has 0 aliphatic rings. The zero-order valence-electron chi connectivity index (χ0n) is 13.0. The number of hydrogen-bond donors (Lipinski definition) is 0. The van der Waals surface area contributed by atoms with Crippen LogP contribution in [0.1, 0.15) is 18.1 Å². The van der Waals surface area contributed by atoms with Crippen molar-refractivity contribution in [3.63, 3.8) is 0 Å². The molecule has 0 radical (unpaired) electrons. The Morgan fingerprint density at radius 1 is 0.923 bits per heavy atom. The third kappa shape index (κ3) is 5.55. The van der Waals surface area contributed by atoms with Crippen LogP contribution in [0.4, 0.5) is 26.3 Å². The lowest BCUT2D eigenvalue weighted by molar-refractivity contribution is -0.274. The molecular weight excluding hydrogens is 388 g/mol. The van der Waals surface area contributed by atoms with Gasteiger partial charge >= 0.3 is 12.5 Å². The molecule has 0 bridgehead atoms. The minimum Gasteiger partial charge on any atom is -0.406 e. The maximum absolute atomic E-state index is 13.0. The standard InChI is InChI=1S/C16H10ClF6NO2/c1-9(13-8-10(17)2-7-14(13)15(18,19)20)24-26-12-5-3-11(4-6-12)25-16(21,22)23/h2-8H,1H3. The summed E-state index contributed by atoms with van der Waals surface area (Å²) in [6.07, 6.45) is -9.45. The van der Waals surface area contributed by atoms with E-state index in [0.29, 0.717) is 0 Å². The lowest BCUT2D eigenvalue weighted by Gasteiger charge is -2.13. The Labute approximate surface area is 148 Å². The van der Waals surface area contributed by atoms with E-state index in [0.717, 1.165) is 42.5 Å². The number of rotatable bonds is 4. The van der Waals surface area contributed by atoms with Gasteiger partial charge < -0.3 is 9.57 Å². The molecule has 3 nitrogen and oxygen atoms in total. The van der Waals surface area contributed by atoms with Gasteiger partial charge in [-0.15, -0.1) is 13.2 Å². The van der Waals surface area contributed by atoms with Crippen LogP contribution in [0.3, 0.4) is 0 Å². The minimum absolute atomic E-state index is 0.00876. The molecule has 0 saturated carbocycles. The van der Waals surface area contributed by atoms with Crippen molar-refractivity contribution < 1.29 is 35.9 Å². The van der Waals surface area contributed by atoms with Crippen LogP contribution in [0.5, 0.6) is 11.5 Å². The second-order valence-electron chi connectivity index (χ2n) is 4.97. The zero-order chi connectivity index (χ0) is 19.5. The first kappa shape index (κ1) is 19.9. The molecule has 0 aliphatic carbocycles. The van der Waals surface area contributed by atoms with Gasteiger partial charge in [-0.25, -0.2) is 0 Å². The Morgan fingerprint density at radius 3 is 2.04 bits per heavy atom. The summed E-state index contributed by atoms with van der Waals surface area (Å²) >= 11 is 5.73. The molecule has 2 aromatic rings. The molecule has 140 valence electrons. The van der Waals surface area contributed by atoms with Crippen molar-refractivity contribution in [1.29, 1.82) is 0 Å². The van der Waals surface area contributed by atoms with E-state index >= 15 is 0 Å². The normalized spacial score (nSPS) is 12.8. The number of ether oxygens (including phenoxy) is 1. The number of oxime groups is 1. The molecular formula is C16H10ClF6NO2. The summed E-state index contributed by atoms with van der Waals surface area (Å²) in [7, 11) is 0. The highest BCUT2D eigenvalue weighted by molar-refractivity contribution is 6.31. The molecule has 0 saturated heterocycles. The van der Waals surface area contributed by atoms with Gasteiger partial charge in [0.25, 0.3) is 0 Å². The first-order valence-electron chi connectivity index (χ1n) is 6.90. The molecule has 0 aliphatic heterocycles. The number of nitrogens with zero attached hydrogens (tertiary/aromatic N) is 1. The topological polar surface area (TPSA) is 30.8 Å². The zero-order valence-corrected chi connectivity index (χ0v) is 13.7. The van der Waals surface area contributed by atoms with E-state index in [4.69, 9.17) is 16.4 Å². The van der Waals surface area contributed by atoms with E-state index in [-0.39, 0.29) is 22.0 Å². The predicted molar refractivity (Wildman–Crippen MR) is 82.4 cm³/mol. The summed E-state index contributed by atoms with van der Waals surface area (Å²) < 4.78 is 79.0. The second-order valence-corrected chi connectivity index (χ2v) is 5.41. The molecule has 0 aromatic heterocycles. The number of alkyl halides is 6. The molecule has 26 heavy (non-hydrogen) atoms. The third-order valence-corrected chi connectivity index (χ3v) is 3.26. The van der Waals surface area contributed by atoms with Crippen LogP contribution in [0.15, 0.2) is 47.6 Å². The molecule has 0 spiro atoms. The van der Waals surface area contributed by atoms with Crippen LogP contribution < -0.4 is 9.57 Å². The summed E-state index contributed by atoms with van der Waals surface area (Å²) in [4.78, 5) is 4.96. The SMILES string of the molecule is CC(=NOc1ccc(OC(F)(F)F)cc1)c1cc(Cl)ccc1C(F)(F)F. The first-order chi connectivity index (χ1) is 12.0. The Morgan fingerprint density at radius 2 is 1.50 bits per heavy atom. The van der Waals surface area contributed by atoms with Gasteiger partial charge in [-0.2, -0.15) is 13.2 Å². The smallest absolute Gasteiger partial charge is 0.406 e. The van der Waals surface area contributed by atoms with Crippen LogP contribution >= 0.6 is 11.6 Å². The van der Waals surface area contributed by atoms with Gasteiger partial charge in [0.05, 0.1) is 11.3 Å². The van der Waals surface area contributed by atoms with E-state index in [2.05, 4.69) is 9.89 Å². The van der Waals surface area contributed by atoms with Crippen LogP contribution in [0.2, 0.25) is 5.02 Å². The maximum Gasteiger partial charge on any atom is 0.573 e. The van der Waals surface area contributed by atoms with E-state index in [1.165, 1.54) is 6.92 Å². The highest BCUT2D eigenvalue weighted by Gasteiger charge is 2.34. The Bertz CT molecular complexity index is 800. The van der Waals surface area contributed by atoms with E-state index in [1.807, 2.05) is 0 Å². The largest absolute Gasteiger partial charge is 0.573 e. The lowest BCUT2D eigenvalue weighted by Crippen LogP contribution is -2.16. The number of benzene rings is 2. The predicted octanol–water partition coefficient (Wildman–Crippen LogP) is 6.06. The Hall–Kier alpha value is -2.42. The molecule has 0 fully saturated rings. The van der Waals surface area contributed by atoms with Crippen molar-refractivity contribution in [2.24, 2.45) is 5.16 Å². The first-order valence-corrected chi connectivity index (χ1v) is 7.28. The van der Waals surface area contributed by atoms with Crippen molar-refractivity contribution in [3.05, 3.63) is 58.6 Å². The van der Waals surface area contributed by atoms with E-state index in [9.17, 15) is 26.3 Å².